The van der Waals surface area contributed by atoms with Crippen molar-refractivity contribution in [3.8, 4) is 0 Å². The van der Waals surface area contributed by atoms with Gasteiger partial charge in [-0.05, 0) is 43.9 Å². The zero-order valence-electron chi connectivity index (χ0n) is 12.6. The topological polar surface area (TPSA) is 64.8 Å². The number of rotatable bonds is 4. The first-order valence-corrected chi connectivity index (χ1v) is 9.03. The minimum Gasteiger partial charge on any atom is -0.315 e. The van der Waals surface area contributed by atoms with Gasteiger partial charge in [0.05, 0.1) is 5.25 Å². The Bertz CT molecular complexity index is 814. The monoisotopic (exact) mass is 323 g/mol. The molecule has 0 spiro atoms. The Hall–Kier alpha value is -1.76. The Morgan fingerprint density at radius 1 is 1.36 bits per heavy atom. The van der Waals surface area contributed by atoms with E-state index in [4.69, 9.17) is 0 Å². The van der Waals surface area contributed by atoms with Gasteiger partial charge in [-0.1, -0.05) is 12.1 Å². The maximum Gasteiger partial charge on any atom is 0.164 e. The predicted molar refractivity (Wildman–Crippen MR) is 80.5 cm³/mol. The molecule has 0 unspecified atom stereocenters. The summed E-state index contributed by atoms with van der Waals surface area (Å²) < 4.78 is 41.1. The van der Waals surface area contributed by atoms with Crippen molar-refractivity contribution in [2.75, 3.05) is 0 Å². The van der Waals surface area contributed by atoms with Crippen LogP contribution in [0, 0.1) is 12.7 Å². The lowest BCUT2D eigenvalue weighted by molar-refractivity contribution is 0.575. The fraction of sp³-hybridized carbons (Fsp3) is 0.467. The summed E-state index contributed by atoms with van der Waals surface area (Å²) in [5.41, 5.74) is 1.13. The van der Waals surface area contributed by atoms with Crippen LogP contribution >= 0.6 is 0 Å². The quantitative estimate of drug-likeness (QED) is 0.866. The lowest BCUT2D eigenvalue weighted by Gasteiger charge is -2.13. The first kappa shape index (κ1) is 15.1. The highest BCUT2D eigenvalue weighted by Gasteiger charge is 2.35. The highest BCUT2D eigenvalue weighted by molar-refractivity contribution is 7.90. The maximum absolute atomic E-state index is 13.8. The van der Waals surface area contributed by atoms with Gasteiger partial charge in [-0.25, -0.2) is 12.8 Å². The molecule has 0 bridgehead atoms. The van der Waals surface area contributed by atoms with Crippen LogP contribution in [0.15, 0.2) is 18.2 Å². The van der Waals surface area contributed by atoms with E-state index in [1.807, 2.05) is 6.92 Å². The van der Waals surface area contributed by atoms with Gasteiger partial charge >= 0.3 is 0 Å². The Balaban J connectivity index is 1.94. The second-order valence-corrected chi connectivity index (χ2v) is 7.73. The van der Waals surface area contributed by atoms with Gasteiger partial charge < -0.3 is 4.57 Å². The summed E-state index contributed by atoms with van der Waals surface area (Å²) in [6.07, 6.45) is 0.892. The van der Waals surface area contributed by atoms with Gasteiger partial charge in [-0.15, -0.1) is 10.2 Å². The SMILES string of the molecule is CCn1c(C)nnc1CS(=O)(=O)[C@@H]1CCc2c(F)cccc21. The van der Waals surface area contributed by atoms with E-state index in [1.165, 1.54) is 6.07 Å². The summed E-state index contributed by atoms with van der Waals surface area (Å²) in [6.45, 7) is 4.35. The molecule has 7 heteroatoms. The minimum atomic E-state index is -3.45. The molecule has 1 aliphatic rings. The number of nitrogens with zero attached hydrogens (tertiary/aromatic N) is 3. The summed E-state index contributed by atoms with van der Waals surface area (Å²) in [5.74, 6) is 0.667. The third-order valence-corrected chi connectivity index (χ3v) is 6.27. The van der Waals surface area contributed by atoms with Crippen molar-refractivity contribution < 1.29 is 12.8 Å². The number of fused-ring (bicyclic) bond motifs is 1. The normalized spacial score (nSPS) is 17.7. The van der Waals surface area contributed by atoms with Crippen molar-refractivity contribution in [1.29, 1.82) is 0 Å². The van der Waals surface area contributed by atoms with Gasteiger partial charge in [0.25, 0.3) is 0 Å². The predicted octanol–water partition coefficient (Wildman–Crippen LogP) is 2.35. The van der Waals surface area contributed by atoms with Gasteiger partial charge in [-0.2, -0.15) is 0 Å². The first-order chi connectivity index (χ1) is 10.4. The number of benzene rings is 1. The maximum atomic E-state index is 13.8. The Labute approximate surface area is 129 Å². The number of hydrogen-bond donors (Lipinski definition) is 0. The van der Waals surface area contributed by atoms with Gasteiger partial charge in [0.1, 0.15) is 23.2 Å². The molecule has 0 amide bonds. The van der Waals surface area contributed by atoms with Crippen LogP contribution in [-0.2, 0) is 28.6 Å². The molecular weight excluding hydrogens is 305 g/mol. The highest BCUT2D eigenvalue weighted by atomic mass is 32.2. The fourth-order valence-electron chi connectivity index (χ4n) is 3.17. The third-order valence-electron chi connectivity index (χ3n) is 4.25. The molecule has 1 aromatic carbocycles. The highest BCUT2D eigenvalue weighted by Crippen LogP contribution is 2.39. The number of aryl methyl sites for hydroxylation is 1. The van der Waals surface area contributed by atoms with Crippen LogP contribution in [0.25, 0.3) is 0 Å². The number of sulfone groups is 1. The third kappa shape index (κ3) is 2.43. The summed E-state index contributed by atoms with van der Waals surface area (Å²) in [4.78, 5) is 0. The van der Waals surface area contributed by atoms with E-state index in [9.17, 15) is 12.8 Å². The smallest absolute Gasteiger partial charge is 0.164 e. The van der Waals surface area contributed by atoms with Crippen LogP contribution in [0.2, 0.25) is 0 Å². The molecule has 0 N–H and O–H groups in total. The van der Waals surface area contributed by atoms with Crippen molar-refractivity contribution in [2.24, 2.45) is 0 Å². The summed E-state index contributed by atoms with van der Waals surface area (Å²) in [5, 5.41) is 7.27. The van der Waals surface area contributed by atoms with E-state index in [2.05, 4.69) is 10.2 Å². The van der Waals surface area contributed by atoms with Crippen LogP contribution in [0.5, 0.6) is 0 Å². The second kappa shape index (κ2) is 5.46. The van der Waals surface area contributed by atoms with Crippen molar-refractivity contribution in [2.45, 2.75) is 44.2 Å². The zero-order chi connectivity index (χ0) is 15.9. The van der Waals surface area contributed by atoms with E-state index in [0.29, 0.717) is 42.2 Å². The molecule has 5 nitrogen and oxygen atoms in total. The Morgan fingerprint density at radius 2 is 2.14 bits per heavy atom. The number of halogens is 1. The molecule has 2 aromatic rings. The molecular formula is C15H18FN3O2S. The first-order valence-electron chi connectivity index (χ1n) is 7.31. The van der Waals surface area contributed by atoms with Crippen molar-refractivity contribution >= 4 is 9.84 Å². The van der Waals surface area contributed by atoms with Crippen LogP contribution in [0.4, 0.5) is 4.39 Å². The Kier molecular flexibility index (Phi) is 3.76. The van der Waals surface area contributed by atoms with E-state index in [1.54, 1.807) is 23.6 Å². The molecule has 0 saturated heterocycles. The van der Waals surface area contributed by atoms with Crippen LogP contribution in [-0.4, -0.2) is 23.2 Å². The number of hydrogen-bond acceptors (Lipinski definition) is 4. The molecule has 22 heavy (non-hydrogen) atoms. The summed E-state index contributed by atoms with van der Waals surface area (Å²) in [6, 6.07) is 4.66. The van der Waals surface area contributed by atoms with Crippen LogP contribution in [0.1, 0.15) is 41.4 Å². The summed E-state index contributed by atoms with van der Waals surface area (Å²) in [7, 11) is -3.45. The molecule has 1 heterocycles. The van der Waals surface area contributed by atoms with Crippen molar-refractivity contribution in [3.05, 3.63) is 46.8 Å². The van der Waals surface area contributed by atoms with Gasteiger partial charge in [0.2, 0.25) is 0 Å². The lowest BCUT2D eigenvalue weighted by atomic mass is 10.1. The average molecular weight is 323 g/mol. The van der Waals surface area contributed by atoms with E-state index in [0.717, 1.165) is 0 Å². The molecule has 0 saturated carbocycles. The van der Waals surface area contributed by atoms with E-state index in [-0.39, 0.29) is 11.6 Å². The molecule has 118 valence electrons. The van der Waals surface area contributed by atoms with Crippen molar-refractivity contribution in [1.82, 2.24) is 14.8 Å². The van der Waals surface area contributed by atoms with E-state index >= 15 is 0 Å². The van der Waals surface area contributed by atoms with Gasteiger partial charge in [0.15, 0.2) is 9.84 Å². The van der Waals surface area contributed by atoms with Gasteiger partial charge in [0, 0.05) is 6.54 Å². The molecule has 1 aliphatic carbocycles. The lowest BCUT2D eigenvalue weighted by Crippen LogP contribution is -2.16. The van der Waals surface area contributed by atoms with Crippen LogP contribution < -0.4 is 0 Å². The molecule has 0 radical (unpaired) electrons. The van der Waals surface area contributed by atoms with E-state index < -0.39 is 15.1 Å². The van der Waals surface area contributed by atoms with Crippen LogP contribution in [0.3, 0.4) is 0 Å². The molecule has 0 aliphatic heterocycles. The van der Waals surface area contributed by atoms with Gasteiger partial charge in [-0.3, -0.25) is 0 Å². The average Bonchev–Trinajstić information content (AvgIpc) is 3.04. The van der Waals surface area contributed by atoms with Crippen molar-refractivity contribution in [3.63, 3.8) is 0 Å². The second-order valence-electron chi connectivity index (χ2n) is 5.55. The summed E-state index contributed by atoms with van der Waals surface area (Å²) >= 11 is 0. The number of aromatic nitrogens is 3. The standard InChI is InChI=1S/C15H18FN3O2S/c1-3-19-10(2)17-18-15(19)9-22(20,21)14-8-7-11-12(14)5-4-6-13(11)16/h4-6,14H,3,7-9H2,1-2H3/t14-/m1/s1. The Morgan fingerprint density at radius 3 is 2.86 bits per heavy atom. The molecule has 3 rings (SSSR count). The minimum absolute atomic E-state index is 0.164. The fourth-order valence-corrected chi connectivity index (χ4v) is 5.03. The largest absolute Gasteiger partial charge is 0.315 e. The molecule has 1 aromatic heterocycles. The molecule has 0 fully saturated rings. The molecule has 1 atom stereocenters. The zero-order valence-corrected chi connectivity index (χ0v) is 13.4.